The number of rotatable bonds is 4. The Balaban J connectivity index is 1.21. The average molecular weight is 459 g/mol. The third-order valence-corrected chi connectivity index (χ3v) is 6.76. The summed E-state index contributed by atoms with van der Waals surface area (Å²) in [6.45, 7) is 4.97. The fraction of sp³-hybridized carbons (Fsp3) is 0.320. The summed E-state index contributed by atoms with van der Waals surface area (Å²) in [7, 11) is 0. The van der Waals surface area contributed by atoms with Crippen molar-refractivity contribution in [2.24, 2.45) is 0 Å². The van der Waals surface area contributed by atoms with Crippen LogP contribution < -0.4 is 10.6 Å². The van der Waals surface area contributed by atoms with Gasteiger partial charge in [0.15, 0.2) is 0 Å². The number of urea groups is 1. The molecular formula is C25H26N6O3. The van der Waals surface area contributed by atoms with Gasteiger partial charge >= 0.3 is 6.03 Å². The molecule has 0 aliphatic carbocycles. The molecule has 2 aromatic carbocycles. The zero-order chi connectivity index (χ0) is 23.9. The van der Waals surface area contributed by atoms with Gasteiger partial charge in [-0.25, -0.2) is 9.48 Å². The second-order valence-corrected chi connectivity index (χ2v) is 9.10. The van der Waals surface area contributed by atoms with E-state index in [1.807, 2.05) is 42.3 Å². The Morgan fingerprint density at radius 1 is 1.03 bits per heavy atom. The smallest absolute Gasteiger partial charge is 0.322 e. The summed E-state index contributed by atoms with van der Waals surface area (Å²) in [4.78, 5) is 38.5. The van der Waals surface area contributed by atoms with Crippen molar-refractivity contribution in [3.05, 3.63) is 77.1 Å². The van der Waals surface area contributed by atoms with Gasteiger partial charge in [-0.2, -0.15) is 0 Å². The molecular weight excluding hydrogens is 432 g/mol. The van der Waals surface area contributed by atoms with Crippen LogP contribution in [0.25, 0.3) is 5.69 Å². The maximum Gasteiger partial charge on any atom is 0.322 e. The fourth-order valence-electron chi connectivity index (χ4n) is 4.54. The van der Waals surface area contributed by atoms with Crippen LogP contribution in [0.1, 0.15) is 52.9 Å². The van der Waals surface area contributed by atoms with Crippen LogP contribution in [0.5, 0.6) is 0 Å². The lowest BCUT2D eigenvalue weighted by molar-refractivity contribution is -0.123. The number of imide groups is 1. The van der Waals surface area contributed by atoms with Gasteiger partial charge in [-0.15, -0.1) is 5.10 Å². The SMILES string of the molecule is Cc1ccc(-n2cc(C3CCN(C(=O)c4ccc([C@@]5(C)NC(=O)NC5=O)cc4)CC3)nn2)cc1. The molecule has 3 heterocycles. The van der Waals surface area contributed by atoms with E-state index in [2.05, 4.69) is 20.9 Å². The molecule has 2 saturated heterocycles. The van der Waals surface area contributed by atoms with Crippen LogP contribution >= 0.6 is 0 Å². The van der Waals surface area contributed by atoms with Crippen molar-refractivity contribution in [2.75, 3.05) is 13.1 Å². The number of benzene rings is 2. The Morgan fingerprint density at radius 2 is 1.71 bits per heavy atom. The van der Waals surface area contributed by atoms with Crippen LogP contribution in [0.15, 0.2) is 54.7 Å². The van der Waals surface area contributed by atoms with Gasteiger partial charge in [0.25, 0.3) is 11.8 Å². The summed E-state index contributed by atoms with van der Waals surface area (Å²) in [6.07, 6.45) is 3.62. The third-order valence-electron chi connectivity index (χ3n) is 6.76. The highest BCUT2D eigenvalue weighted by Gasteiger charge is 2.43. The van der Waals surface area contributed by atoms with E-state index in [0.717, 1.165) is 24.2 Å². The molecule has 2 aliphatic heterocycles. The molecule has 0 spiro atoms. The number of carbonyl (C=O) groups is 3. The molecule has 1 atom stereocenters. The first-order valence-corrected chi connectivity index (χ1v) is 11.4. The number of aromatic nitrogens is 3. The van der Waals surface area contributed by atoms with Gasteiger partial charge in [0.1, 0.15) is 5.54 Å². The minimum absolute atomic E-state index is 0.0432. The Morgan fingerprint density at radius 3 is 2.32 bits per heavy atom. The summed E-state index contributed by atoms with van der Waals surface area (Å²) in [5.41, 5.74) is 3.17. The minimum Gasteiger partial charge on any atom is -0.339 e. The first-order chi connectivity index (χ1) is 16.3. The van der Waals surface area contributed by atoms with Crippen LogP contribution in [0.2, 0.25) is 0 Å². The molecule has 2 N–H and O–H groups in total. The molecule has 0 unspecified atom stereocenters. The topological polar surface area (TPSA) is 109 Å². The molecule has 4 amide bonds. The molecule has 0 bridgehead atoms. The molecule has 3 aromatic rings. The lowest BCUT2D eigenvalue weighted by Gasteiger charge is -2.31. The van der Waals surface area contributed by atoms with Gasteiger partial charge in [-0.3, -0.25) is 14.9 Å². The molecule has 9 heteroatoms. The normalized spacial score (nSPS) is 20.8. The number of nitrogens with one attached hydrogen (secondary N) is 2. The first-order valence-electron chi connectivity index (χ1n) is 11.4. The monoisotopic (exact) mass is 458 g/mol. The molecule has 34 heavy (non-hydrogen) atoms. The van der Waals surface area contributed by atoms with E-state index in [1.165, 1.54) is 5.56 Å². The van der Waals surface area contributed by atoms with Gasteiger partial charge in [-0.05, 0) is 56.5 Å². The van der Waals surface area contributed by atoms with E-state index in [4.69, 9.17) is 0 Å². The maximum atomic E-state index is 13.0. The quantitative estimate of drug-likeness (QED) is 0.584. The second-order valence-electron chi connectivity index (χ2n) is 9.10. The molecule has 9 nitrogen and oxygen atoms in total. The Bertz CT molecular complexity index is 1240. The number of hydrogen-bond donors (Lipinski definition) is 2. The molecule has 0 saturated carbocycles. The van der Waals surface area contributed by atoms with Crippen molar-refractivity contribution in [3.8, 4) is 5.69 Å². The van der Waals surface area contributed by atoms with Crippen LogP contribution in [0.4, 0.5) is 4.79 Å². The number of piperidine rings is 1. The zero-order valence-electron chi connectivity index (χ0n) is 19.1. The van der Waals surface area contributed by atoms with E-state index >= 15 is 0 Å². The third kappa shape index (κ3) is 3.93. The summed E-state index contributed by atoms with van der Waals surface area (Å²) < 4.78 is 1.79. The summed E-state index contributed by atoms with van der Waals surface area (Å²) >= 11 is 0. The van der Waals surface area contributed by atoms with E-state index in [9.17, 15) is 14.4 Å². The number of aryl methyl sites for hydroxylation is 1. The van der Waals surface area contributed by atoms with Crippen molar-refractivity contribution in [1.82, 2.24) is 30.5 Å². The highest BCUT2D eigenvalue weighted by atomic mass is 16.2. The summed E-state index contributed by atoms with van der Waals surface area (Å²) in [5, 5.41) is 13.5. The molecule has 0 radical (unpaired) electrons. The lowest BCUT2D eigenvalue weighted by Crippen LogP contribution is -2.40. The molecule has 2 aliphatic rings. The largest absolute Gasteiger partial charge is 0.339 e. The highest BCUT2D eigenvalue weighted by Crippen LogP contribution is 2.29. The predicted molar refractivity (Wildman–Crippen MR) is 124 cm³/mol. The van der Waals surface area contributed by atoms with Crippen LogP contribution in [0.3, 0.4) is 0 Å². The van der Waals surface area contributed by atoms with E-state index in [0.29, 0.717) is 24.2 Å². The molecule has 1 aromatic heterocycles. The molecule has 2 fully saturated rings. The van der Waals surface area contributed by atoms with Gasteiger partial charge in [-0.1, -0.05) is 35.0 Å². The lowest BCUT2D eigenvalue weighted by atomic mass is 9.91. The number of hydrogen-bond acceptors (Lipinski definition) is 5. The number of nitrogens with zero attached hydrogens (tertiary/aromatic N) is 4. The fourth-order valence-corrected chi connectivity index (χ4v) is 4.54. The molecule has 174 valence electrons. The van der Waals surface area contributed by atoms with Crippen molar-refractivity contribution < 1.29 is 14.4 Å². The number of likely N-dealkylation sites (tertiary alicyclic amines) is 1. The number of carbonyl (C=O) groups excluding carboxylic acids is 3. The average Bonchev–Trinajstić information content (AvgIpc) is 3.44. The Kier molecular flexibility index (Phi) is 5.39. The van der Waals surface area contributed by atoms with Crippen molar-refractivity contribution in [1.29, 1.82) is 0 Å². The summed E-state index contributed by atoms with van der Waals surface area (Å²) in [6, 6.07) is 14.5. The predicted octanol–water partition coefficient (Wildman–Crippen LogP) is 2.65. The highest BCUT2D eigenvalue weighted by molar-refractivity contribution is 6.07. The molecule has 5 rings (SSSR count). The number of amides is 4. The van der Waals surface area contributed by atoms with Crippen molar-refractivity contribution >= 4 is 17.8 Å². The van der Waals surface area contributed by atoms with E-state index in [1.54, 1.807) is 35.9 Å². The van der Waals surface area contributed by atoms with Crippen LogP contribution in [-0.4, -0.2) is 50.8 Å². The van der Waals surface area contributed by atoms with E-state index < -0.39 is 17.5 Å². The van der Waals surface area contributed by atoms with Crippen LogP contribution in [0, 0.1) is 6.92 Å². The van der Waals surface area contributed by atoms with Gasteiger partial charge < -0.3 is 10.2 Å². The van der Waals surface area contributed by atoms with Gasteiger partial charge in [0.2, 0.25) is 0 Å². The van der Waals surface area contributed by atoms with Crippen molar-refractivity contribution in [3.63, 3.8) is 0 Å². The van der Waals surface area contributed by atoms with Crippen molar-refractivity contribution in [2.45, 2.75) is 38.1 Å². The Hall–Kier alpha value is -4.01. The van der Waals surface area contributed by atoms with Gasteiger partial charge in [0, 0.05) is 24.6 Å². The Labute approximate surface area is 197 Å². The van der Waals surface area contributed by atoms with Gasteiger partial charge in [0.05, 0.1) is 17.6 Å². The van der Waals surface area contributed by atoms with E-state index in [-0.39, 0.29) is 11.8 Å². The standard InChI is InChI=1S/C25H26N6O3/c1-16-3-9-20(10-4-16)31-15-21(28-29-31)17-11-13-30(14-12-17)22(32)18-5-7-19(8-6-18)25(2)23(33)26-24(34)27-25/h3-10,15,17H,11-14H2,1-2H3,(H2,26,27,33,34)/t25-/m1/s1. The summed E-state index contributed by atoms with van der Waals surface area (Å²) in [5.74, 6) is -0.189. The zero-order valence-corrected chi connectivity index (χ0v) is 19.1. The minimum atomic E-state index is -1.13. The second kappa shape index (κ2) is 8.40. The first kappa shape index (κ1) is 21.8. The van der Waals surface area contributed by atoms with Crippen LogP contribution in [-0.2, 0) is 10.3 Å². The maximum absolute atomic E-state index is 13.0.